The van der Waals surface area contributed by atoms with Gasteiger partial charge in [-0.2, -0.15) is 0 Å². The van der Waals surface area contributed by atoms with Crippen molar-refractivity contribution >= 4 is 59.3 Å². The van der Waals surface area contributed by atoms with Crippen molar-refractivity contribution < 1.29 is 0 Å². The van der Waals surface area contributed by atoms with Crippen molar-refractivity contribution in [1.82, 2.24) is 0 Å². The molecule has 0 radical (unpaired) electrons. The molecule has 11 aromatic carbocycles. The predicted octanol–water partition coefficient (Wildman–Crippen LogP) is 18.0. The lowest BCUT2D eigenvalue weighted by molar-refractivity contribution is 0.768. The van der Waals surface area contributed by atoms with Crippen LogP contribution < -0.4 is 4.90 Å². The number of fused-ring (bicyclic) bond motifs is 8. The van der Waals surface area contributed by atoms with Gasteiger partial charge in [-0.1, -0.05) is 224 Å². The fraction of sp³-hybridized carbons (Fsp3) is 0.0154. The molecule has 314 valence electrons. The maximum absolute atomic E-state index is 2.38. The minimum absolute atomic E-state index is 0.448. The van der Waals surface area contributed by atoms with Crippen molar-refractivity contribution in [3.05, 3.63) is 283 Å². The van der Waals surface area contributed by atoms with Gasteiger partial charge in [-0.15, -0.1) is 11.3 Å². The predicted molar refractivity (Wildman–Crippen MR) is 285 cm³/mol. The topological polar surface area (TPSA) is 3.24 Å². The van der Waals surface area contributed by atoms with Crippen molar-refractivity contribution in [2.45, 2.75) is 5.41 Å². The summed E-state index contributed by atoms with van der Waals surface area (Å²) >= 11 is 1.91. The first kappa shape index (κ1) is 39.1. The summed E-state index contributed by atoms with van der Waals surface area (Å²) in [6.45, 7) is 0. The monoisotopic (exact) mass is 869 g/mol. The number of hydrogen-bond donors (Lipinski definition) is 0. The molecule has 1 aliphatic carbocycles. The summed E-state index contributed by atoms with van der Waals surface area (Å²) in [6, 6.07) is 96.0. The molecular formula is C65H43NS. The molecule has 0 aliphatic heterocycles. The zero-order valence-electron chi connectivity index (χ0n) is 36.7. The van der Waals surface area contributed by atoms with Gasteiger partial charge in [0.1, 0.15) is 0 Å². The number of benzene rings is 11. The molecule has 0 unspecified atom stereocenters. The van der Waals surface area contributed by atoms with E-state index in [1.165, 1.54) is 97.7 Å². The first-order valence-electron chi connectivity index (χ1n) is 23.1. The third kappa shape index (κ3) is 6.29. The van der Waals surface area contributed by atoms with Gasteiger partial charge in [0, 0.05) is 37.2 Å². The highest BCUT2D eigenvalue weighted by molar-refractivity contribution is 7.27. The zero-order valence-corrected chi connectivity index (χ0v) is 37.5. The third-order valence-corrected chi connectivity index (χ3v) is 15.3. The second kappa shape index (κ2) is 16.0. The Labute approximate surface area is 395 Å². The van der Waals surface area contributed by atoms with Crippen molar-refractivity contribution in [3.8, 4) is 44.5 Å². The van der Waals surface area contributed by atoms with Gasteiger partial charge < -0.3 is 4.90 Å². The molecule has 2 heteroatoms. The van der Waals surface area contributed by atoms with Gasteiger partial charge in [0.05, 0.1) is 5.41 Å². The highest BCUT2D eigenvalue weighted by Gasteiger charge is 2.46. The van der Waals surface area contributed by atoms with E-state index in [-0.39, 0.29) is 0 Å². The molecule has 1 aromatic heterocycles. The standard InChI is InChI=1S/C65H43NS/c1-4-16-44(17-5-1)45-30-37-51(38-31-45)66(53-41-34-48(35-42-53)56-26-14-27-57-58-43-36-46-18-10-11-23-55(46)64(58)67-63(56)57)52-39-32-47(33-40-52)54-25-15-29-61-62(54)59-24-12-13-28-60(59)65(61,49-19-6-2-7-20-49)50-21-8-3-9-22-50/h1-43H. The molecule has 0 fully saturated rings. The summed E-state index contributed by atoms with van der Waals surface area (Å²) in [5.74, 6) is 0. The van der Waals surface area contributed by atoms with Crippen molar-refractivity contribution in [1.29, 1.82) is 0 Å². The number of hydrogen-bond acceptors (Lipinski definition) is 2. The molecule has 0 saturated heterocycles. The molecule has 0 atom stereocenters. The Morgan fingerprint density at radius 1 is 0.284 bits per heavy atom. The molecule has 0 saturated carbocycles. The molecule has 1 nitrogen and oxygen atoms in total. The summed E-state index contributed by atoms with van der Waals surface area (Å²) in [5.41, 5.74) is 17.9. The summed E-state index contributed by atoms with van der Waals surface area (Å²) < 4.78 is 2.67. The van der Waals surface area contributed by atoms with E-state index < -0.39 is 5.41 Å². The summed E-state index contributed by atoms with van der Waals surface area (Å²) in [6.07, 6.45) is 0. The summed E-state index contributed by atoms with van der Waals surface area (Å²) in [5, 5.41) is 5.23. The van der Waals surface area contributed by atoms with Crippen LogP contribution in [-0.2, 0) is 5.41 Å². The number of thiophene rings is 1. The Balaban J connectivity index is 0.922. The van der Waals surface area contributed by atoms with Gasteiger partial charge in [-0.25, -0.2) is 0 Å². The van der Waals surface area contributed by atoms with Crippen LogP contribution in [0, 0.1) is 0 Å². The molecule has 13 rings (SSSR count). The quantitative estimate of drug-likeness (QED) is 0.147. The van der Waals surface area contributed by atoms with Crippen LogP contribution in [0.3, 0.4) is 0 Å². The second-order valence-corrected chi connectivity index (χ2v) is 18.6. The summed E-state index contributed by atoms with van der Waals surface area (Å²) in [4.78, 5) is 2.38. The zero-order chi connectivity index (χ0) is 44.3. The maximum atomic E-state index is 2.38. The van der Waals surface area contributed by atoms with Crippen LogP contribution in [0.25, 0.3) is 75.5 Å². The minimum atomic E-state index is -0.448. The SMILES string of the molecule is c1ccc(-c2ccc(N(c3ccc(-c4cccc5c4-c4ccccc4C5(c4ccccc4)c4ccccc4)cc3)c3ccc(-c4cccc5c4sc4c6ccccc6ccc54)cc3)cc2)cc1. The Morgan fingerprint density at radius 2 is 0.746 bits per heavy atom. The van der Waals surface area contributed by atoms with Crippen LogP contribution in [0.1, 0.15) is 22.3 Å². The Bertz CT molecular complexity index is 3720. The smallest absolute Gasteiger partial charge is 0.0713 e. The van der Waals surface area contributed by atoms with Gasteiger partial charge in [0.15, 0.2) is 0 Å². The number of rotatable bonds is 8. The van der Waals surface area contributed by atoms with E-state index in [9.17, 15) is 0 Å². The van der Waals surface area contributed by atoms with Crippen molar-refractivity contribution in [2.24, 2.45) is 0 Å². The van der Waals surface area contributed by atoms with E-state index in [1.807, 2.05) is 11.3 Å². The lowest BCUT2D eigenvalue weighted by Gasteiger charge is -2.34. The van der Waals surface area contributed by atoms with Crippen molar-refractivity contribution in [2.75, 3.05) is 4.90 Å². The van der Waals surface area contributed by atoms with E-state index in [4.69, 9.17) is 0 Å². The molecule has 0 N–H and O–H groups in total. The molecule has 1 aliphatic rings. The number of anilines is 3. The lowest BCUT2D eigenvalue weighted by Crippen LogP contribution is -2.28. The van der Waals surface area contributed by atoms with Gasteiger partial charge in [0.25, 0.3) is 0 Å². The number of nitrogens with zero attached hydrogens (tertiary/aromatic N) is 1. The highest BCUT2D eigenvalue weighted by atomic mass is 32.1. The molecule has 0 spiro atoms. The van der Waals surface area contributed by atoms with Crippen LogP contribution in [-0.4, -0.2) is 0 Å². The van der Waals surface area contributed by atoms with E-state index in [1.54, 1.807) is 0 Å². The van der Waals surface area contributed by atoms with E-state index in [0.717, 1.165) is 17.1 Å². The molecule has 0 bridgehead atoms. The Kier molecular flexibility index (Phi) is 9.33. The Hall–Kier alpha value is -8.30. The lowest BCUT2D eigenvalue weighted by atomic mass is 9.67. The van der Waals surface area contributed by atoms with E-state index in [2.05, 4.69) is 266 Å². The van der Waals surface area contributed by atoms with Gasteiger partial charge in [-0.3, -0.25) is 0 Å². The third-order valence-electron chi connectivity index (χ3n) is 14.0. The fourth-order valence-corrected chi connectivity index (χ4v) is 12.3. The molecule has 0 amide bonds. The summed E-state index contributed by atoms with van der Waals surface area (Å²) in [7, 11) is 0. The highest BCUT2D eigenvalue weighted by Crippen LogP contribution is 2.58. The first-order valence-corrected chi connectivity index (χ1v) is 23.9. The largest absolute Gasteiger partial charge is 0.311 e. The first-order chi connectivity index (χ1) is 33.2. The molecule has 1 heterocycles. The van der Waals surface area contributed by atoms with Crippen LogP contribution >= 0.6 is 11.3 Å². The van der Waals surface area contributed by atoms with Crippen LogP contribution in [0.2, 0.25) is 0 Å². The van der Waals surface area contributed by atoms with Crippen molar-refractivity contribution in [3.63, 3.8) is 0 Å². The molecule has 12 aromatic rings. The van der Waals surface area contributed by atoms with E-state index in [0.29, 0.717) is 0 Å². The average molecular weight is 870 g/mol. The Morgan fingerprint density at radius 3 is 1.42 bits per heavy atom. The van der Waals surface area contributed by atoms with Crippen LogP contribution in [0.4, 0.5) is 17.1 Å². The maximum Gasteiger partial charge on any atom is 0.0713 e. The van der Waals surface area contributed by atoms with Gasteiger partial charge in [-0.05, 0) is 114 Å². The van der Waals surface area contributed by atoms with Gasteiger partial charge in [0.2, 0.25) is 0 Å². The van der Waals surface area contributed by atoms with E-state index >= 15 is 0 Å². The van der Waals surface area contributed by atoms with Crippen LogP contribution in [0.5, 0.6) is 0 Å². The average Bonchev–Trinajstić information content (AvgIpc) is 3.95. The molecular weight excluding hydrogens is 827 g/mol. The molecule has 67 heavy (non-hydrogen) atoms. The van der Waals surface area contributed by atoms with Crippen LogP contribution in [0.15, 0.2) is 261 Å². The van der Waals surface area contributed by atoms with Gasteiger partial charge >= 0.3 is 0 Å². The fourth-order valence-electron chi connectivity index (χ4n) is 10.9. The minimum Gasteiger partial charge on any atom is -0.311 e. The normalized spacial score (nSPS) is 12.6. The second-order valence-electron chi connectivity index (χ2n) is 17.5.